The van der Waals surface area contributed by atoms with Gasteiger partial charge in [0.1, 0.15) is 0 Å². The summed E-state index contributed by atoms with van der Waals surface area (Å²) in [5.74, 6) is 0. The lowest BCUT2D eigenvalue weighted by atomic mass is 10.1. The van der Waals surface area contributed by atoms with Crippen LogP contribution in [0.5, 0.6) is 0 Å². The van der Waals surface area contributed by atoms with Crippen LogP contribution in [0, 0.1) is 20.2 Å². The summed E-state index contributed by atoms with van der Waals surface area (Å²) in [6, 6.07) is 4.41. The normalized spacial score (nSPS) is 10.4. The fourth-order valence-electron chi connectivity index (χ4n) is 1.60. The second-order valence-corrected chi connectivity index (χ2v) is 3.82. The van der Waals surface area contributed by atoms with Crippen LogP contribution in [0.1, 0.15) is 0 Å². The molecule has 0 aliphatic heterocycles. The lowest BCUT2D eigenvalue weighted by molar-refractivity contribution is -0.394. The van der Waals surface area contributed by atoms with Crippen molar-refractivity contribution in [1.82, 2.24) is 9.78 Å². The second-order valence-electron chi connectivity index (χ2n) is 3.82. The van der Waals surface area contributed by atoms with Gasteiger partial charge in [0.05, 0.1) is 21.6 Å². The standard InChI is InChI=1S/C10H8N4O5/c1-12-10(15)5-9(11-12)6-2-7(13(16)17)4-8(3-6)14(18)19/h2-5,11H,1H3. The quantitative estimate of drug-likeness (QED) is 0.658. The van der Waals surface area contributed by atoms with Crippen molar-refractivity contribution < 1.29 is 9.85 Å². The minimum absolute atomic E-state index is 0.207. The third-order valence-corrected chi connectivity index (χ3v) is 2.52. The Labute approximate surface area is 105 Å². The minimum atomic E-state index is -0.725. The first-order valence-electron chi connectivity index (χ1n) is 5.09. The Morgan fingerprint density at radius 1 is 1.05 bits per heavy atom. The first-order chi connectivity index (χ1) is 8.88. The zero-order chi connectivity index (χ0) is 14.2. The van der Waals surface area contributed by atoms with E-state index in [9.17, 15) is 25.0 Å². The number of rotatable bonds is 3. The Morgan fingerprint density at radius 3 is 1.95 bits per heavy atom. The molecule has 19 heavy (non-hydrogen) atoms. The summed E-state index contributed by atoms with van der Waals surface area (Å²) in [6.07, 6.45) is 0. The molecule has 0 radical (unpaired) electrons. The van der Waals surface area contributed by atoms with Crippen LogP contribution in [-0.4, -0.2) is 19.6 Å². The van der Waals surface area contributed by atoms with Crippen molar-refractivity contribution in [3.8, 4) is 11.3 Å². The van der Waals surface area contributed by atoms with Gasteiger partial charge in [0.15, 0.2) is 0 Å². The highest BCUT2D eigenvalue weighted by Crippen LogP contribution is 2.27. The summed E-state index contributed by atoms with van der Waals surface area (Å²) in [7, 11) is 1.47. The van der Waals surface area contributed by atoms with E-state index < -0.39 is 21.2 Å². The lowest BCUT2D eigenvalue weighted by Gasteiger charge is -1.99. The molecule has 0 atom stereocenters. The van der Waals surface area contributed by atoms with Crippen LogP contribution in [0.2, 0.25) is 0 Å². The number of aryl methyl sites for hydroxylation is 1. The Balaban J connectivity index is 2.65. The molecule has 2 aromatic rings. The molecule has 9 nitrogen and oxygen atoms in total. The monoisotopic (exact) mass is 264 g/mol. The zero-order valence-electron chi connectivity index (χ0n) is 9.69. The van der Waals surface area contributed by atoms with Gasteiger partial charge in [-0.3, -0.25) is 34.8 Å². The summed E-state index contributed by atoms with van der Waals surface area (Å²) < 4.78 is 1.17. The average molecular weight is 264 g/mol. The predicted octanol–water partition coefficient (Wildman–Crippen LogP) is 1.20. The number of nitro groups is 2. The molecule has 2 rings (SSSR count). The number of nitrogens with zero attached hydrogens (tertiary/aromatic N) is 3. The van der Waals surface area contributed by atoms with E-state index in [1.165, 1.54) is 17.8 Å². The summed E-state index contributed by atoms with van der Waals surface area (Å²) >= 11 is 0. The van der Waals surface area contributed by atoms with Crippen molar-refractivity contribution >= 4 is 11.4 Å². The maximum atomic E-state index is 11.3. The molecular weight excluding hydrogens is 256 g/mol. The van der Waals surface area contributed by atoms with E-state index >= 15 is 0 Å². The van der Waals surface area contributed by atoms with Crippen molar-refractivity contribution in [1.29, 1.82) is 0 Å². The Bertz CT molecular complexity index is 698. The van der Waals surface area contributed by atoms with Gasteiger partial charge >= 0.3 is 0 Å². The third kappa shape index (κ3) is 2.34. The molecule has 0 unspecified atom stereocenters. The van der Waals surface area contributed by atoms with Gasteiger partial charge in [0.25, 0.3) is 16.9 Å². The average Bonchev–Trinajstić information content (AvgIpc) is 2.69. The van der Waals surface area contributed by atoms with Crippen LogP contribution in [0.15, 0.2) is 29.1 Å². The lowest BCUT2D eigenvalue weighted by Crippen LogP contribution is -2.09. The Morgan fingerprint density at radius 2 is 1.58 bits per heavy atom. The van der Waals surface area contributed by atoms with Crippen LogP contribution in [0.3, 0.4) is 0 Å². The van der Waals surface area contributed by atoms with E-state index in [4.69, 9.17) is 0 Å². The van der Waals surface area contributed by atoms with Crippen molar-refractivity contribution in [2.24, 2.45) is 7.05 Å². The van der Waals surface area contributed by atoms with Crippen LogP contribution >= 0.6 is 0 Å². The van der Waals surface area contributed by atoms with Crippen LogP contribution in [-0.2, 0) is 7.05 Å². The number of aromatic nitrogens is 2. The second kappa shape index (κ2) is 4.37. The number of non-ortho nitro benzene ring substituents is 2. The maximum absolute atomic E-state index is 11.3. The Kier molecular flexibility index (Phi) is 2.87. The topological polar surface area (TPSA) is 124 Å². The number of H-pyrrole nitrogens is 1. The van der Waals surface area contributed by atoms with E-state index in [2.05, 4.69) is 5.10 Å². The van der Waals surface area contributed by atoms with Crippen LogP contribution in [0.4, 0.5) is 11.4 Å². The van der Waals surface area contributed by atoms with E-state index in [-0.39, 0.29) is 16.8 Å². The number of benzene rings is 1. The van der Waals surface area contributed by atoms with Crippen LogP contribution < -0.4 is 5.56 Å². The van der Waals surface area contributed by atoms with Crippen molar-refractivity contribution in [3.63, 3.8) is 0 Å². The third-order valence-electron chi connectivity index (χ3n) is 2.52. The van der Waals surface area contributed by atoms with Gasteiger partial charge in [-0.15, -0.1) is 0 Å². The number of hydrogen-bond acceptors (Lipinski definition) is 5. The highest BCUT2D eigenvalue weighted by molar-refractivity contribution is 5.66. The molecule has 0 amide bonds. The van der Waals surface area contributed by atoms with E-state index in [0.717, 1.165) is 18.2 Å². The number of aromatic amines is 1. The van der Waals surface area contributed by atoms with Gasteiger partial charge in [0.2, 0.25) is 0 Å². The molecule has 9 heteroatoms. The first kappa shape index (κ1) is 12.5. The predicted molar refractivity (Wildman–Crippen MR) is 64.8 cm³/mol. The highest BCUT2D eigenvalue weighted by Gasteiger charge is 2.18. The van der Waals surface area contributed by atoms with E-state index in [1.807, 2.05) is 0 Å². The van der Waals surface area contributed by atoms with E-state index in [1.54, 1.807) is 0 Å². The molecular formula is C10H8N4O5. The molecule has 0 aliphatic rings. The van der Waals surface area contributed by atoms with Gasteiger partial charge in [-0.2, -0.15) is 0 Å². The molecule has 1 aromatic carbocycles. The van der Waals surface area contributed by atoms with Crippen molar-refractivity contribution in [2.45, 2.75) is 0 Å². The van der Waals surface area contributed by atoms with Gasteiger partial charge in [-0.25, -0.2) is 0 Å². The summed E-state index contributed by atoms with van der Waals surface area (Å²) in [4.78, 5) is 31.3. The van der Waals surface area contributed by atoms with Gasteiger partial charge in [-0.05, 0) is 0 Å². The van der Waals surface area contributed by atoms with Gasteiger partial charge in [0, 0.05) is 30.8 Å². The summed E-state index contributed by atoms with van der Waals surface area (Å²) in [5, 5.41) is 24.1. The molecule has 0 bridgehead atoms. The smallest absolute Gasteiger partial charge is 0.276 e. The van der Waals surface area contributed by atoms with Crippen LogP contribution in [0.25, 0.3) is 11.3 Å². The molecule has 0 saturated heterocycles. The molecule has 0 aliphatic carbocycles. The number of hydrogen-bond donors (Lipinski definition) is 1. The van der Waals surface area contributed by atoms with Crippen molar-refractivity contribution in [3.05, 3.63) is 54.8 Å². The SMILES string of the molecule is Cn1[nH]c(-c2cc([N+](=O)[O-])cc([N+](=O)[O-])c2)cc1=O. The fraction of sp³-hybridized carbons (Fsp3) is 0.100. The van der Waals surface area contributed by atoms with E-state index in [0.29, 0.717) is 0 Å². The molecule has 1 N–H and O–H groups in total. The first-order valence-corrected chi connectivity index (χ1v) is 5.09. The molecule has 1 aromatic heterocycles. The van der Waals surface area contributed by atoms with Gasteiger partial charge < -0.3 is 0 Å². The zero-order valence-corrected chi connectivity index (χ0v) is 9.69. The molecule has 98 valence electrons. The minimum Gasteiger partial charge on any atom is -0.295 e. The maximum Gasteiger partial charge on any atom is 0.276 e. The van der Waals surface area contributed by atoms with Gasteiger partial charge in [-0.1, -0.05) is 0 Å². The molecule has 0 saturated carbocycles. The Hall–Kier alpha value is -2.97. The molecule has 1 heterocycles. The molecule has 0 fully saturated rings. The molecule has 0 spiro atoms. The van der Waals surface area contributed by atoms with Crippen molar-refractivity contribution in [2.75, 3.05) is 0 Å². The largest absolute Gasteiger partial charge is 0.295 e. The summed E-state index contributed by atoms with van der Waals surface area (Å²) in [6.45, 7) is 0. The summed E-state index contributed by atoms with van der Waals surface area (Å²) in [5.41, 5.74) is -0.676. The number of nitrogens with one attached hydrogen (secondary N) is 1. The highest BCUT2D eigenvalue weighted by atomic mass is 16.6. The fourth-order valence-corrected chi connectivity index (χ4v) is 1.60. The number of nitro benzene ring substituents is 2.